The van der Waals surface area contributed by atoms with Gasteiger partial charge in [-0.1, -0.05) is 35.0 Å². The quantitative estimate of drug-likeness (QED) is 0.897. The molecule has 0 fully saturated rings. The summed E-state index contributed by atoms with van der Waals surface area (Å²) in [5, 5.41) is 12.2. The Morgan fingerprint density at radius 3 is 2.44 bits per heavy atom. The molecule has 90 valence electrons. The molecule has 0 amide bonds. The summed E-state index contributed by atoms with van der Waals surface area (Å²) in [4.78, 5) is 0. The number of nitrogens with zero attached hydrogens (tertiary/aromatic N) is 1. The summed E-state index contributed by atoms with van der Waals surface area (Å²) in [6.07, 6.45) is 1.04. The average molecular weight is 301 g/mol. The van der Waals surface area contributed by atoms with Crippen molar-refractivity contribution in [2.45, 2.75) is 13.3 Å². The fourth-order valence-electron chi connectivity index (χ4n) is 1.72. The number of nitrogens with one attached hydrogen (secondary N) is 1. The molecule has 0 saturated heterocycles. The predicted octanol–water partition coefficient (Wildman–Crippen LogP) is 4.63. The number of aryl methyl sites for hydroxylation is 1. The summed E-state index contributed by atoms with van der Waals surface area (Å²) in [7, 11) is 0. The lowest BCUT2D eigenvalue weighted by molar-refractivity contribution is 1.14. The van der Waals surface area contributed by atoms with Gasteiger partial charge >= 0.3 is 0 Å². The molecule has 2 aromatic carbocycles. The van der Waals surface area contributed by atoms with Gasteiger partial charge in [0.25, 0.3) is 0 Å². The molecule has 2 nitrogen and oxygen atoms in total. The van der Waals surface area contributed by atoms with E-state index in [1.54, 1.807) is 6.07 Å². The molecular formula is C15H13BrN2. The highest BCUT2D eigenvalue weighted by molar-refractivity contribution is 9.10. The molecule has 0 aliphatic rings. The normalized spacial score (nSPS) is 9.83. The van der Waals surface area contributed by atoms with E-state index in [-0.39, 0.29) is 0 Å². The minimum absolute atomic E-state index is 0.636. The lowest BCUT2D eigenvalue weighted by atomic mass is 10.1. The van der Waals surface area contributed by atoms with Crippen molar-refractivity contribution in [2.75, 3.05) is 5.32 Å². The third-order valence-electron chi connectivity index (χ3n) is 2.68. The first-order valence-electron chi connectivity index (χ1n) is 5.78. The van der Waals surface area contributed by atoms with E-state index in [2.05, 4.69) is 46.4 Å². The molecule has 0 spiro atoms. The van der Waals surface area contributed by atoms with Crippen molar-refractivity contribution < 1.29 is 0 Å². The molecule has 0 aliphatic heterocycles. The largest absolute Gasteiger partial charge is 0.355 e. The van der Waals surface area contributed by atoms with Gasteiger partial charge in [0.2, 0.25) is 0 Å². The van der Waals surface area contributed by atoms with Crippen LogP contribution in [-0.4, -0.2) is 0 Å². The van der Waals surface area contributed by atoms with E-state index in [4.69, 9.17) is 5.26 Å². The van der Waals surface area contributed by atoms with Gasteiger partial charge in [-0.15, -0.1) is 0 Å². The van der Waals surface area contributed by atoms with Gasteiger partial charge in [0.1, 0.15) is 0 Å². The number of nitriles is 1. The smallest absolute Gasteiger partial charge is 0.0992 e. The topological polar surface area (TPSA) is 35.8 Å². The predicted molar refractivity (Wildman–Crippen MR) is 78.0 cm³/mol. The van der Waals surface area contributed by atoms with Crippen LogP contribution < -0.4 is 5.32 Å². The third-order valence-corrected chi connectivity index (χ3v) is 3.14. The van der Waals surface area contributed by atoms with Crippen molar-refractivity contribution in [1.29, 1.82) is 5.26 Å². The molecule has 2 rings (SSSR count). The molecule has 0 saturated carbocycles. The maximum Gasteiger partial charge on any atom is 0.0992 e. The van der Waals surface area contributed by atoms with Crippen molar-refractivity contribution >= 4 is 27.3 Å². The number of hydrogen-bond donors (Lipinski definition) is 1. The molecule has 0 radical (unpaired) electrons. The van der Waals surface area contributed by atoms with Crippen LogP contribution in [-0.2, 0) is 6.42 Å². The van der Waals surface area contributed by atoms with Crippen molar-refractivity contribution in [3.05, 3.63) is 58.1 Å². The van der Waals surface area contributed by atoms with Crippen LogP contribution in [0.15, 0.2) is 46.9 Å². The number of rotatable bonds is 3. The highest BCUT2D eigenvalue weighted by Crippen LogP contribution is 2.23. The minimum atomic E-state index is 0.636. The second kappa shape index (κ2) is 5.70. The van der Waals surface area contributed by atoms with Gasteiger partial charge in [-0.2, -0.15) is 5.26 Å². The van der Waals surface area contributed by atoms with Crippen LogP contribution in [0.5, 0.6) is 0 Å². The van der Waals surface area contributed by atoms with Gasteiger partial charge in [-0.3, -0.25) is 0 Å². The molecule has 3 heteroatoms. The summed E-state index contributed by atoms with van der Waals surface area (Å²) in [6, 6.07) is 16.0. The molecular weight excluding hydrogens is 288 g/mol. The number of halogens is 1. The highest BCUT2D eigenvalue weighted by Gasteiger charge is 2.00. The number of benzene rings is 2. The van der Waals surface area contributed by atoms with E-state index >= 15 is 0 Å². The Kier molecular flexibility index (Phi) is 4.01. The zero-order chi connectivity index (χ0) is 13.0. The van der Waals surface area contributed by atoms with Gasteiger partial charge in [-0.05, 0) is 42.3 Å². The zero-order valence-electron chi connectivity index (χ0n) is 10.1. The standard InChI is InChI=1S/C15H13BrN2/c1-2-11-3-5-14(6-4-11)18-15-8-12(10-17)7-13(16)9-15/h3-9,18H,2H2,1H3. The molecule has 0 atom stereocenters. The Morgan fingerprint density at radius 2 is 1.83 bits per heavy atom. The summed E-state index contributed by atoms with van der Waals surface area (Å²) in [6.45, 7) is 2.13. The molecule has 0 bridgehead atoms. The van der Waals surface area contributed by atoms with E-state index in [1.807, 2.05) is 24.3 Å². The minimum Gasteiger partial charge on any atom is -0.355 e. The van der Waals surface area contributed by atoms with E-state index in [1.165, 1.54) is 5.56 Å². The number of anilines is 2. The highest BCUT2D eigenvalue weighted by atomic mass is 79.9. The van der Waals surface area contributed by atoms with Crippen molar-refractivity contribution in [1.82, 2.24) is 0 Å². The average Bonchev–Trinajstić information content (AvgIpc) is 2.39. The van der Waals surface area contributed by atoms with Crippen LogP contribution in [0.4, 0.5) is 11.4 Å². The van der Waals surface area contributed by atoms with Gasteiger partial charge < -0.3 is 5.32 Å². The van der Waals surface area contributed by atoms with E-state index in [0.717, 1.165) is 22.3 Å². The van der Waals surface area contributed by atoms with Crippen LogP contribution in [0.1, 0.15) is 18.1 Å². The van der Waals surface area contributed by atoms with Crippen LogP contribution in [0.25, 0.3) is 0 Å². The first kappa shape index (κ1) is 12.7. The van der Waals surface area contributed by atoms with E-state index in [9.17, 15) is 0 Å². The van der Waals surface area contributed by atoms with Crippen LogP contribution in [0.3, 0.4) is 0 Å². The molecule has 0 unspecified atom stereocenters. The van der Waals surface area contributed by atoms with Crippen LogP contribution in [0.2, 0.25) is 0 Å². The van der Waals surface area contributed by atoms with Crippen LogP contribution >= 0.6 is 15.9 Å². The molecule has 0 aromatic heterocycles. The molecule has 0 heterocycles. The van der Waals surface area contributed by atoms with E-state index in [0.29, 0.717) is 5.56 Å². The second-order valence-corrected chi connectivity index (χ2v) is 4.93. The van der Waals surface area contributed by atoms with Crippen LogP contribution in [0, 0.1) is 11.3 Å². The maximum absolute atomic E-state index is 8.92. The zero-order valence-corrected chi connectivity index (χ0v) is 11.7. The summed E-state index contributed by atoms with van der Waals surface area (Å²) < 4.78 is 0.897. The second-order valence-electron chi connectivity index (χ2n) is 4.02. The Bertz CT molecular complexity index is 582. The fraction of sp³-hybridized carbons (Fsp3) is 0.133. The Morgan fingerprint density at radius 1 is 1.11 bits per heavy atom. The van der Waals surface area contributed by atoms with Crippen molar-refractivity contribution in [2.24, 2.45) is 0 Å². The fourth-order valence-corrected chi connectivity index (χ4v) is 2.21. The molecule has 2 aromatic rings. The monoisotopic (exact) mass is 300 g/mol. The van der Waals surface area contributed by atoms with Gasteiger partial charge in [0, 0.05) is 15.8 Å². The Balaban J connectivity index is 2.22. The lowest BCUT2D eigenvalue weighted by Crippen LogP contribution is -1.91. The van der Waals surface area contributed by atoms with Gasteiger partial charge in [-0.25, -0.2) is 0 Å². The summed E-state index contributed by atoms with van der Waals surface area (Å²) in [5.41, 5.74) is 3.88. The Labute approximate surface area is 115 Å². The Hall–Kier alpha value is -1.79. The first-order valence-corrected chi connectivity index (χ1v) is 6.57. The summed E-state index contributed by atoms with van der Waals surface area (Å²) in [5.74, 6) is 0. The van der Waals surface area contributed by atoms with Crippen molar-refractivity contribution in [3.8, 4) is 6.07 Å². The lowest BCUT2D eigenvalue weighted by Gasteiger charge is -2.08. The first-order chi connectivity index (χ1) is 8.71. The third kappa shape index (κ3) is 3.12. The SMILES string of the molecule is CCc1ccc(Nc2cc(Br)cc(C#N)c2)cc1. The molecule has 1 N–H and O–H groups in total. The molecule has 0 aliphatic carbocycles. The molecule has 18 heavy (non-hydrogen) atoms. The number of hydrogen-bond acceptors (Lipinski definition) is 2. The summed E-state index contributed by atoms with van der Waals surface area (Å²) >= 11 is 3.40. The van der Waals surface area contributed by atoms with E-state index < -0.39 is 0 Å². The maximum atomic E-state index is 8.92. The van der Waals surface area contributed by atoms with Gasteiger partial charge in [0.05, 0.1) is 11.6 Å². The van der Waals surface area contributed by atoms with Gasteiger partial charge in [0.15, 0.2) is 0 Å². The van der Waals surface area contributed by atoms with Crippen molar-refractivity contribution in [3.63, 3.8) is 0 Å².